The SMILES string of the molecule is OCCOc1ccc2nc(-c3ccncc3)sc2c1. The molecule has 4 nitrogen and oxygen atoms in total. The fourth-order valence-corrected chi connectivity index (χ4v) is 2.78. The van der Waals surface area contributed by atoms with E-state index in [0.29, 0.717) is 6.61 Å². The molecule has 0 aliphatic rings. The number of aliphatic hydroxyl groups excluding tert-OH is 1. The van der Waals surface area contributed by atoms with Gasteiger partial charge in [-0.25, -0.2) is 4.98 Å². The Kier molecular flexibility index (Phi) is 3.39. The minimum Gasteiger partial charge on any atom is -0.491 e. The van der Waals surface area contributed by atoms with Gasteiger partial charge in [0, 0.05) is 18.0 Å². The number of hydrogen-bond acceptors (Lipinski definition) is 5. The van der Waals surface area contributed by atoms with Crippen molar-refractivity contribution in [2.24, 2.45) is 0 Å². The van der Waals surface area contributed by atoms with E-state index in [4.69, 9.17) is 9.84 Å². The van der Waals surface area contributed by atoms with Crippen molar-refractivity contribution in [2.45, 2.75) is 0 Å². The van der Waals surface area contributed by atoms with Crippen molar-refractivity contribution in [3.8, 4) is 16.3 Å². The molecule has 0 amide bonds. The van der Waals surface area contributed by atoms with Crippen molar-refractivity contribution >= 4 is 21.6 Å². The van der Waals surface area contributed by atoms with Crippen molar-refractivity contribution in [2.75, 3.05) is 13.2 Å². The van der Waals surface area contributed by atoms with Crippen molar-refractivity contribution in [3.05, 3.63) is 42.7 Å². The van der Waals surface area contributed by atoms with Gasteiger partial charge in [-0.3, -0.25) is 4.98 Å². The van der Waals surface area contributed by atoms with Crippen molar-refractivity contribution in [1.82, 2.24) is 9.97 Å². The molecule has 96 valence electrons. The Hall–Kier alpha value is -1.98. The van der Waals surface area contributed by atoms with Crippen LogP contribution in [-0.4, -0.2) is 28.3 Å². The second kappa shape index (κ2) is 5.34. The van der Waals surface area contributed by atoms with Gasteiger partial charge in [0.2, 0.25) is 0 Å². The van der Waals surface area contributed by atoms with Crippen LogP contribution in [0.5, 0.6) is 5.75 Å². The van der Waals surface area contributed by atoms with Gasteiger partial charge >= 0.3 is 0 Å². The number of benzene rings is 1. The molecule has 0 spiro atoms. The van der Waals surface area contributed by atoms with E-state index in [9.17, 15) is 0 Å². The summed E-state index contributed by atoms with van der Waals surface area (Å²) in [7, 11) is 0. The molecular weight excluding hydrogens is 260 g/mol. The van der Waals surface area contributed by atoms with Gasteiger partial charge in [-0.1, -0.05) is 0 Å². The minimum atomic E-state index is 0.0169. The highest BCUT2D eigenvalue weighted by Gasteiger charge is 2.07. The third-order valence-electron chi connectivity index (χ3n) is 2.65. The standard InChI is InChI=1S/C14H12N2O2S/c17-7-8-18-11-1-2-12-13(9-11)19-14(16-12)10-3-5-15-6-4-10/h1-6,9,17H,7-8H2. The van der Waals surface area contributed by atoms with Crippen LogP contribution in [0.25, 0.3) is 20.8 Å². The Morgan fingerprint density at radius 3 is 2.79 bits per heavy atom. The third kappa shape index (κ3) is 2.57. The topological polar surface area (TPSA) is 55.2 Å². The van der Waals surface area contributed by atoms with E-state index in [0.717, 1.165) is 26.5 Å². The average molecular weight is 272 g/mol. The smallest absolute Gasteiger partial charge is 0.124 e. The number of aliphatic hydroxyl groups is 1. The Morgan fingerprint density at radius 1 is 1.16 bits per heavy atom. The molecule has 2 aromatic heterocycles. The van der Waals surface area contributed by atoms with Crippen LogP contribution >= 0.6 is 11.3 Å². The summed E-state index contributed by atoms with van der Waals surface area (Å²) in [6, 6.07) is 9.65. The Morgan fingerprint density at radius 2 is 2.00 bits per heavy atom. The predicted octanol–water partition coefficient (Wildman–Crippen LogP) is 2.73. The molecule has 19 heavy (non-hydrogen) atoms. The maximum Gasteiger partial charge on any atom is 0.124 e. The molecule has 1 N–H and O–H groups in total. The molecule has 2 heterocycles. The maximum atomic E-state index is 8.75. The lowest BCUT2D eigenvalue weighted by Crippen LogP contribution is -2.00. The molecule has 0 unspecified atom stereocenters. The van der Waals surface area contributed by atoms with Gasteiger partial charge in [0.05, 0.1) is 16.8 Å². The number of aromatic nitrogens is 2. The molecule has 3 rings (SSSR count). The van der Waals surface area contributed by atoms with Crippen molar-refractivity contribution in [1.29, 1.82) is 0 Å². The molecule has 0 saturated carbocycles. The summed E-state index contributed by atoms with van der Waals surface area (Å²) in [6.07, 6.45) is 3.52. The van der Waals surface area contributed by atoms with Gasteiger partial charge < -0.3 is 9.84 Å². The largest absolute Gasteiger partial charge is 0.491 e. The Labute approximate surface area is 114 Å². The minimum absolute atomic E-state index is 0.0169. The zero-order chi connectivity index (χ0) is 13.1. The first-order chi connectivity index (χ1) is 9.36. The van der Waals surface area contributed by atoms with Crippen molar-refractivity contribution in [3.63, 3.8) is 0 Å². The number of rotatable bonds is 4. The van der Waals surface area contributed by atoms with Crippen LogP contribution in [0.4, 0.5) is 0 Å². The number of ether oxygens (including phenoxy) is 1. The summed E-state index contributed by atoms with van der Waals surface area (Å²) in [5.41, 5.74) is 2.02. The first-order valence-corrected chi connectivity index (χ1v) is 6.73. The van der Waals surface area contributed by atoms with Crippen LogP contribution in [0.2, 0.25) is 0 Å². The summed E-state index contributed by atoms with van der Waals surface area (Å²) in [5, 5.41) is 9.72. The van der Waals surface area contributed by atoms with Crippen molar-refractivity contribution < 1.29 is 9.84 Å². The zero-order valence-corrected chi connectivity index (χ0v) is 10.9. The van der Waals surface area contributed by atoms with E-state index in [2.05, 4.69) is 9.97 Å². The second-order valence-corrected chi connectivity index (χ2v) is 4.99. The van der Waals surface area contributed by atoms with Gasteiger partial charge in [-0.05, 0) is 30.3 Å². The normalized spacial score (nSPS) is 10.8. The van der Waals surface area contributed by atoms with Gasteiger partial charge in [-0.15, -0.1) is 11.3 Å². The summed E-state index contributed by atoms with van der Waals surface area (Å²) in [6.45, 7) is 0.324. The van der Waals surface area contributed by atoms with E-state index in [-0.39, 0.29) is 6.61 Å². The Balaban J connectivity index is 1.97. The van der Waals surface area contributed by atoms with Gasteiger partial charge in [0.25, 0.3) is 0 Å². The van der Waals surface area contributed by atoms with E-state index >= 15 is 0 Å². The number of fused-ring (bicyclic) bond motifs is 1. The first-order valence-electron chi connectivity index (χ1n) is 5.91. The van der Waals surface area contributed by atoms with E-state index in [1.807, 2.05) is 30.3 Å². The summed E-state index contributed by atoms with van der Waals surface area (Å²) >= 11 is 1.62. The zero-order valence-electron chi connectivity index (χ0n) is 10.1. The van der Waals surface area contributed by atoms with Crippen LogP contribution < -0.4 is 4.74 Å². The highest BCUT2D eigenvalue weighted by Crippen LogP contribution is 2.31. The van der Waals surface area contributed by atoms with E-state index < -0.39 is 0 Å². The van der Waals surface area contributed by atoms with Gasteiger partial charge in [0.1, 0.15) is 17.4 Å². The lowest BCUT2D eigenvalue weighted by molar-refractivity contribution is 0.201. The summed E-state index contributed by atoms with van der Waals surface area (Å²) < 4.78 is 6.47. The molecule has 3 aromatic rings. The third-order valence-corrected chi connectivity index (χ3v) is 3.71. The number of pyridine rings is 1. The predicted molar refractivity (Wildman–Crippen MR) is 75.4 cm³/mol. The first kappa shape index (κ1) is 12.1. The lowest BCUT2D eigenvalue weighted by Gasteiger charge is -2.02. The number of nitrogens with zero attached hydrogens (tertiary/aromatic N) is 2. The fourth-order valence-electron chi connectivity index (χ4n) is 1.78. The summed E-state index contributed by atoms with van der Waals surface area (Å²) in [5.74, 6) is 0.756. The maximum absolute atomic E-state index is 8.75. The molecule has 0 fully saturated rings. The lowest BCUT2D eigenvalue weighted by atomic mass is 10.3. The molecule has 0 aliphatic carbocycles. The quantitative estimate of drug-likeness (QED) is 0.793. The second-order valence-electron chi connectivity index (χ2n) is 3.96. The van der Waals surface area contributed by atoms with Crippen LogP contribution in [-0.2, 0) is 0 Å². The molecule has 0 aliphatic heterocycles. The number of hydrogen-bond donors (Lipinski definition) is 1. The molecule has 0 atom stereocenters. The molecular formula is C14H12N2O2S. The average Bonchev–Trinajstić information content (AvgIpc) is 2.89. The molecule has 1 aromatic carbocycles. The molecule has 0 radical (unpaired) electrons. The fraction of sp³-hybridized carbons (Fsp3) is 0.143. The Bertz CT molecular complexity index is 682. The highest BCUT2D eigenvalue weighted by molar-refractivity contribution is 7.21. The van der Waals surface area contributed by atoms with Gasteiger partial charge in [0.15, 0.2) is 0 Å². The number of thiazole rings is 1. The van der Waals surface area contributed by atoms with Crippen LogP contribution in [0.1, 0.15) is 0 Å². The van der Waals surface area contributed by atoms with Gasteiger partial charge in [-0.2, -0.15) is 0 Å². The molecule has 5 heteroatoms. The van der Waals surface area contributed by atoms with Crippen LogP contribution in [0, 0.1) is 0 Å². The molecule has 0 bridgehead atoms. The van der Waals surface area contributed by atoms with E-state index in [1.54, 1.807) is 23.7 Å². The highest BCUT2D eigenvalue weighted by atomic mass is 32.1. The summed E-state index contributed by atoms with van der Waals surface area (Å²) in [4.78, 5) is 8.60. The monoisotopic (exact) mass is 272 g/mol. The molecule has 0 saturated heterocycles. The van der Waals surface area contributed by atoms with Crippen LogP contribution in [0.15, 0.2) is 42.7 Å². The van der Waals surface area contributed by atoms with E-state index in [1.165, 1.54) is 0 Å². The van der Waals surface area contributed by atoms with Crippen LogP contribution in [0.3, 0.4) is 0 Å².